The Kier molecular flexibility index (Phi) is 6.58. The summed E-state index contributed by atoms with van der Waals surface area (Å²) in [6, 6.07) is 16.0. The van der Waals surface area contributed by atoms with Crippen LogP contribution in [0.3, 0.4) is 0 Å². The van der Waals surface area contributed by atoms with Gasteiger partial charge in [-0.1, -0.05) is 42.5 Å². The summed E-state index contributed by atoms with van der Waals surface area (Å²) in [5.74, 6) is -0.783. The number of nitrogen functional groups attached to an aromatic ring is 1. The van der Waals surface area contributed by atoms with Gasteiger partial charge < -0.3 is 26.0 Å². The highest BCUT2D eigenvalue weighted by Gasteiger charge is 2.33. The molecule has 5 N–H and O–H groups in total. The molecule has 11 nitrogen and oxygen atoms in total. The van der Waals surface area contributed by atoms with E-state index in [9.17, 15) is 19.2 Å². The molecule has 2 aromatic carbocycles. The first kappa shape index (κ1) is 23.6. The zero-order chi connectivity index (χ0) is 25.1. The Bertz CT molecular complexity index is 1370. The normalized spacial score (nSPS) is 14.7. The van der Waals surface area contributed by atoms with Crippen molar-refractivity contribution < 1.29 is 14.3 Å². The highest BCUT2D eigenvalue weighted by atomic mass is 16.5. The van der Waals surface area contributed by atoms with Crippen LogP contribution in [0.15, 0.2) is 64.2 Å². The predicted molar refractivity (Wildman–Crippen MR) is 132 cm³/mol. The number of primary amides is 1. The number of para-hydroxylation sites is 2. The van der Waals surface area contributed by atoms with Crippen LogP contribution in [0.5, 0.6) is 5.75 Å². The van der Waals surface area contributed by atoms with Crippen LogP contribution in [0, 0.1) is 0 Å². The van der Waals surface area contributed by atoms with Crippen LogP contribution < -0.4 is 37.3 Å². The molecular formula is C24H26N6O5. The standard InChI is InChI=1S/C24H26N6O5/c1-2-28(14-19(31)29-13-18(22(26)32)35-17-11-7-6-10-16(17)29)20-21(25)30(24(34)27-23(20)33)12-15-8-4-3-5-9-15/h3-11,18H,2,12-14,25H2,1H3,(H2,26,32)(H,27,33,34). The number of benzene rings is 2. The molecule has 1 aliphatic heterocycles. The van der Waals surface area contributed by atoms with E-state index in [1.54, 1.807) is 31.2 Å². The van der Waals surface area contributed by atoms with Gasteiger partial charge in [0.05, 0.1) is 25.3 Å². The molecule has 1 unspecified atom stereocenters. The maximum atomic E-state index is 13.4. The average Bonchev–Trinajstić information content (AvgIpc) is 2.85. The number of H-pyrrole nitrogens is 1. The van der Waals surface area contributed by atoms with Gasteiger partial charge in [0.25, 0.3) is 11.5 Å². The minimum absolute atomic E-state index is 0.0179. The molecule has 0 bridgehead atoms. The number of hydrogen-bond donors (Lipinski definition) is 3. The molecule has 11 heteroatoms. The summed E-state index contributed by atoms with van der Waals surface area (Å²) >= 11 is 0. The smallest absolute Gasteiger partial charge is 0.330 e. The van der Waals surface area contributed by atoms with Gasteiger partial charge in [-0.2, -0.15) is 0 Å². The highest BCUT2D eigenvalue weighted by molar-refractivity contribution is 5.99. The quantitative estimate of drug-likeness (QED) is 0.440. The van der Waals surface area contributed by atoms with E-state index in [1.165, 1.54) is 14.4 Å². The molecule has 0 fully saturated rings. The van der Waals surface area contributed by atoms with Crippen molar-refractivity contribution in [3.63, 3.8) is 0 Å². The van der Waals surface area contributed by atoms with E-state index in [0.717, 1.165) is 5.56 Å². The first-order chi connectivity index (χ1) is 16.8. The van der Waals surface area contributed by atoms with Crippen molar-refractivity contribution in [2.75, 3.05) is 35.2 Å². The van der Waals surface area contributed by atoms with Crippen molar-refractivity contribution in [3.05, 3.63) is 81.0 Å². The number of carbonyl (C=O) groups excluding carboxylic acids is 2. The van der Waals surface area contributed by atoms with Crippen LogP contribution in [0.4, 0.5) is 17.2 Å². The summed E-state index contributed by atoms with van der Waals surface area (Å²) < 4.78 is 6.87. The van der Waals surface area contributed by atoms with Crippen LogP contribution in [0.1, 0.15) is 12.5 Å². The minimum atomic E-state index is -1.01. The number of nitrogens with two attached hydrogens (primary N) is 2. The van der Waals surface area contributed by atoms with Crippen molar-refractivity contribution in [2.24, 2.45) is 5.73 Å². The molecule has 0 aliphatic carbocycles. The van der Waals surface area contributed by atoms with Gasteiger partial charge in [-0.05, 0) is 24.6 Å². The third kappa shape index (κ3) is 4.74. The van der Waals surface area contributed by atoms with Crippen molar-refractivity contribution in [3.8, 4) is 5.75 Å². The molecule has 2 heterocycles. The Morgan fingerprint density at radius 2 is 1.80 bits per heavy atom. The van der Waals surface area contributed by atoms with Gasteiger partial charge in [-0.3, -0.25) is 23.9 Å². The van der Waals surface area contributed by atoms with Crippen LogP contribution in [-0.4, -0.2) is 47.1 Å². The summed E-state index contributed by atoms with van der Waals surface area (Å²) in [4.78, 5) is 55.7. The van der Waals surface area contributed by atoms with E-state index >= 15 is 0 Å². The molecule has 1 aromatic heterocycles. The number of rotatable bonds is 7. The van der Waals surface area contributed by atoms with Gasteiger partial charge in [-0.15, -0.1) is 0 Å². The van der Waals surface area contributed by atoms with E-state index in [4.69, 9.17) is 16.2 Å². The maximum absolute atomic E-state index is 13.4. The lowest BCUT2D eigenvalue weighted by molar-refractivity contribution is -0.125. The summed E-state index contributed by atoms with van der Waals surface area (Å²) in [6.07, 6.45) is -1.01. The van der Waals surface area contributed by atoms with Crippen molar-refractivity contribution in [1.82, 2.24) is 9.55 Å². The van der Waals surface area contributed by atoms with E-state index in [0.29, 0.717) is 11.4 Å². The van der Waals surface area contributed by atoms with Crippen LogP contribution in [-0.2, 0) is 16.1 Å². The second kappa shape index (κ2) is 9.75. The summed E-state index contributed by atoms with van der Waals surface area (Å²) in [5.41, 5.74) is 11.7. The minimum Gasteiger partial charge on any atom is -0.477 e. The number of carbonyl (C=O) groups is 2. The van der Waals surface area contributed by atoms with Gasteiger partial charge in [-0.25, -0.2) is 4.79 Å². The second-order valence-corrected chi connectivity index (χ2v) is 8.06. The number of aromatic amines is 1. The topological polar surface area (TPSA) is 157 Å². The number of likely N-dealkylation sites (N-methyl/N-ethyl adjacent to an activating group) is 1. The number of ether oxygens (including phenoxy) is 1. The molecule has 1 aliphatic rings. The molecule has 35 heavy (non-hydrogen) atoms. The molecule has 0 saturated heterocycles. The summed E-state index contributed by atoms with van der Waals surface area (Å²) in [5, 5.41) is 0. The maximum Gasteiger partial charge on any atom is 0.330 e. The van der Waals surface area contributed by atoms with E-state index < -0.39 is 29.2 Å². The lowest BCUT2D eigenvalue weighted by Crippen LogP contribution is -2.52. The Morgan fingerprint density at radius 1 is 1.11 bits per heavy atom. The zero-order valence-corrected chi connectivity index (χ0v) is 19.1. The van der Waals surface area contributed by atoms with Gasteiger partial charge in [0.1, 0.15) is 17.3 Å². The van der Waals surface area contributed by atoms with Crippen LogP contribution >= 0.6 is 0 Å². The van der Waals surface area contributed by atoms with Crippen molar-refractivity contribution in [2.45, 2.75) is 19.6 Å². The zero-order valence-electron chi connectivity index (χ0n) is 19.1. The fraction of sp³-hybridized carbons (Fsp3) is 0.250. The molecule has 3 aromatic rings. The second-order valence-electron chi connectivity index (χ2n) is 8.06. The van der Waals surface area contributed by atoms with Crippen LogP contribution in [0.2, 0.25) is 0 Å². The van der Waals surface area contributed by atoms with E-state index in [2.05, 4.69) is 4.98 Å². The van der Waals surface area contributed by atoms with Gasteiger partial charge in [0.2, 0.25) is 5.91 Å². The number of anilines is 3. The molecular weight excluding hydrogens is 452 g/mol. The molecule has 2 amide bonds. The lowest BCUT2D eigenvalue weighted by Gasteiger charge is -2.35. The average molecular weight is 479 g/mol. The van der Waals surface area contributed by atoms with Crippen LogP contribution in [0.25, 0.3) is 0 Å². The number of hydrogen-bond acceptors (Lipinski definition) is 7. The van der Waals surface area contributed by atoms with Gasteiger partial charge in [0, 0.05) is 6.54 Å². The number of fused-ring (bicyclic) bond motifs is 1. The fourth-order valence-corrected chi connectivity index (χ4v) is 4.02. The largest absolute Gasteiger partial charge is 0.477 e. The van der Waals surface area contributed by atoms with E-state index in [-0.39, 0.29) is 37.7 Å². The highest BCUT2D eigenvalue weighted by Crippen LogP contribution is 2.33. The molecule has 0 saturated carbocycles. The summed E-state index contributed by atoms with van der Waals surface area (Å²) in [6.45, 7) is 1.87. The molecule has 0 radical (unpaired) electrons. The molecule has 4 rings (SSSR count). The molecule has 182 valence electrons. The lowest BCUT2D eigenvalue weighted by atomic mass is 10.1. The van der Waals surface area contributed by atoms with Crippen molar-refractivity contribution in [1.29, 1.82) is 0 Å². The first-order valence-corrected chi connectivity index (χ1v) is 11.1. The Labute approximate surface area is 200 Å². The third-order valence-corrected chi connectivity index (χ3v) is 5.81. The molecule has 1 atom stereocenters. The predicted octanol–water partition coefficient (Wildman–Crippen LogP) is 0.273. The first-order valence-electron chi connectivity index (χ1n) is 11.1. The van der Waals surface area contributed by atoms with E-state index in [1.807, 2.05) is 30.3 Å². The third-order valence-electron chi connectivity index (χ3n) is 5.81. The number of amides is 2. The monoisotopic (exact) mass is 478 g/mol. The van der Waals surface area contributed by atoms with Gasteiger partial charge >= 0.3 is 5.69 Å². The number of nitrogens with zero attached hydrogens (tertiary/aromatic N) is 3. The number of nitrogens with one attached hydrogen (secondary N) is 1. The Morgan fingerprint density at radius 3 is 2.49 bits per heavy atom. The molecule has 0 spiro atoms. The fourth-order valence-electron chi connectivity index (χ4n) is 4.02. The number of aromatic nitrogens is 2. The van der Waals surface area contributed by atoms with Gasteiger partial charge in [0.15, 0.2) is 6.10 Å². The Hall–Kier alpha value is -4.54. The SMILES string of the molecule is CCN(CC(=O)N1CC(C(N)=O)Oc2ccccc21)c1c(N)n(Cc2ccccc2)c(=O)[nH]c1=O. The Balaban J connectivity index is 1.66. The summed E-state index contributed by atoms with van der Waals surface area (Å²) in [7, 11) is 0. The van der Waals surface area contributed by atoms with Crippen molar-refractivity contribution >= 4 is 29.0 Å².